The predicted molar refractivity (Wildman–Crippen MR) is 70.3 cm³/mol. The molecule has 0 aliphatic carbocycles. The summed E-state index contributed by atoms with van der Waals surface area (Å²) in [4.78, 5) is 0. The third-order valence-corrected chi connectivity index (χ3v) is 2.51. The molecule has 0 N–H and O–H groups in total. The van der Waals surface area contributed by atoms with E-state index in [0.717, 1.165) is 11.3 Å². The van der Waals surface area contributed by atoms with Crippen LogP contribution in [0.2, 0.25) is 0 Å². The van der Waals surface area contributed by atoms with Gasteiger partial charge in [-0.25, -0.2) is 0 Å². The zero-order chi connectivity index (χ0) is 13.7. The van der Waals surface area contributed by atoms with Crippen molar-refractivity contribution in [1.29, 1.82) is 0 Å². The highest BCUT2D eigenvalue weighted by Gasteiger charge is 2.04. The van der Waals surface area contributed by atoms with Gasteiger partial charge in [0.15, 0.2) is 11.5 Å². The predicted octanol–water partition coefficient (Wildman–Crippen LogP) is 3.28. The minimum atomic E-state index is 0.323. The van der Waals surface area contributed by atoms with E-state index < -0.39 is 0 Å². The number of rotatable bonds is 5. The van der Waals surface area contributed by atoms with Gasteiger partial charge in [0.2, 0.25) is 0 Å². The Hall–Kier alpha value is -2.16. The molecule has 2 rings (SSSR count). The van der Waals surface area contributed by atoms with Crippen molar-refractivity contribution < 1.29 is 15.6 Å². The molecule has 94 valence electrons. The Kier molecular flexibility index (Phi) is 3.63. The number of hydrogen-bond donors (Lipinski definition) is 0. The second-order valence-corrected chi connectivity index (χ2v) is 3.70. The lowest BCUT2D eigenvalue weighted by atomic mass is 10.2. The van der Waals surface area contributed by atoms with E-state index in [-0.39, 0.29) is 0 Å². The maximum absolute atomic E-state index is 7.94. The molecule has 0 bridgehead atoms. The van der Waals surface area contributed by atoms with Crippen LogP contribution in [0.4, 0.5) is 0 Å². The third-order valence-electron chi connectivity index (χ3n) is 2.51. The molecule has 2 aromatic rings. The highest BCUT2D eigenvalue weighted by atomic mass is 16.5. The fraction of sp³-hybridized carbons (Fsp3) is 0.200. The number of benzene rings is 2. The number of ether oxygens (including phenoxy) is 3. The lowest BCUT2D eigenvalue weighted by Crippen LogP contribution is -1.97. The molecule has 0 spiro atoms. The zero-order valence-corrected chi connectivity index (χ0v) is 10.5. The molecule has 0 aliphatic rings. The Morgan fingerprint density at radius 3 is 2.39 bits per heavy atom. The fourth-order valence-electron chi connectivity index (χ4n) is 1.58. The molecule has 0 saturated carbocycles. The van der Waals surface area contributed by atoms with E-state index >= 15 is 0 Å². The average molecular weight is 245 g/mol. The van der Waals surface area contributed by atoms with Crippen LogP contribution in [0.5, 0.6) is 17.2 Å². The summed E-state index contributed by atoms with van der Waals surface area (Å²) in [5.74, 6) is 1.93. The molecular formula is C15H16O3. The van der Waals surface area contributed by atoms with Crippen LogP contribution < -0.4 is 14.2 Å². The molecule has 0 aliphatic heterocycles. The maximum Gasteiger partial charge on any atom is 0.161 e. The minimum Gasteiger partial charge on any atom is -0.493 e. The van der Waals surface area contributed by atoms with Crippen molar-refractivity contribution in [2.75, 3.05) is 14.2 Å². The number of hydrogen-bond acceptors (Lipinski definition) is 3. The van der Waals surface area contributed by atoms with Crippen molar-refractivity contribution in [2.24, 2.45) is 0 Å². The summed E-state index contributed by atoms with van der Waals surface area (Å²) < 4.78 is 23.9. The first-order valence-electron chi connectivity index (χ1n) is 6.14. The Balaban J connectivity index is 2.16. The van der Waals surface area contributed by atoms with Crippen molar-refractivity contribution in [2.45, 2.75) is 6.61 Å². The molecule has 0 fully saturated rings. The van der Waals surface area contributed by atoms with E-state index in [1.807, 2.05) is 30.3 Å². The summed E-state index contributed by atoms with van der Waals surface area (Å²) in [6.45, 7) is 0.323. The van der Waals surface area contributed by atoms with E-state index in [2.05, 4.69) is 0 Å². The van der Waals surface area contributed by atoms with E-state index in [4.69, 9.17) is 15.6 Å². The molecule has 3 nitrogen and oxygen atoms in total. The normalized spacial score (nSPS) is 10.7. The average Bonchev–Trinajstić information content (AvgIpc) is 2.46. The van der Waals surface area contributed by atoms with Crippen LogP contribution >= 0.6 is 0 Å². The van der Waals surface area contributed by atoms with Gasteiger partial charge in [0.05, 0.1) is 15.6 Å². The van der Waals surface area contributed by atoms with Crippen LogP contribution in [-0.2, 0) is 6.61 Å². The quantitative estimate of drug-likeness (QED) is 0.809. The Morgan fingerprint density at radius 1 is 1.00 bits per heavy atom. The second kappa shape index (κ2) is 5.96. The van der Waals surface area contributed by atoms with Crippen LogP contribution in [0.25, 0.3) is 0 Å². The molecule has 0 aromatic heterocycles. The number of methoxy groups -OCH3 is 2. The number of para-hydroxylation sites is 1. The standard InChI is InChI=1S/C15H16O3/c1-16-14-9-8-12(10-15(14)17-2)11-18-13-6-4-3-5-7-13/h3-10H,11H2,1-2H3/i8D. The fourth-order valence-corrected chi connectivity index (χ4v) is 1.58. The smallest absolute Gasteiger partial charge is 0.161 e. The summed E-state index contributed by atoms with van der Waals surface area (Å²) in [5, 5.41) is 0. The van der Waals surface area contributed by atoms with Gasteiger partial charge in [-0.3, -0.25) is 0 Å². The van der Waals surface area contributed by atoms with E-state index in [1.165, 1.54) is 0 Å². The highest BCUT2D eigenvalue weighted by molar-refractivity contribution is 5.42. The second-order valence-electron chi connectivity index (χ2n) is 3.70. The van der Waals surface area contributed by atoms with Gasteiger partial charge in [0.25, 0.3) is 0 Å². The monoisotopic (exact) mass is 245 g/mol. The lowest BCUT2D eigenvalue weighted by Gasteiger charge is -2.10. The van der Waals surface area contributed by atoms with Crippen LogP contribution in [-0.4, -0.2) is 14.2 Å². The van der Waals surface area contributed by atoms with Crippen molar-refractivity contribution in [3.8, 4) is 17.2 Å². The van der Waals surface area contributed by atoms with E-state index in [0.29, 0.717) is 24.1 Å². The van der Waals surface area contributed by atoms with Crippen molar-refractivity contribution in [3.63, 3.8) is 0 Å². The summed E-state index contributed by atoms with van der Waals surface area (Å²) in [7, 11) is 3.13. The molecule has 0 saturated heterocycles. The third kappa shape index (κ3) is 2.94. The molecule has 0 heterocycles. The molecule has 3 heteroatoms. The molecule has 18 heavy (non-hydrogen) atoms. The first kappa shape index (κ1) is 11.0. The molecule has 0 amide bonds. The summed E-state index contributed by atoms with van der Waals surface area (Å²) >= 11 is 0. The highest BCUT2D eigenvalue weighted by Crippen LogP contribution is 2.27. The SMILES string of the molecule is [2H]c1cc(OC)c(OC)cc1COc1ccccc1. The molecule has 0 unspecified atom stereocenters. The molecule has 2 aromatic carbocycles. The minimum absolute atomic E-state index is 0.323. The first-order chi connectivity index (χ1) is 9.24. The summed E-state index contributed by atoms with van der Waals surface area (Å²) in [5.41, 5.74) is 0.751. The Bertz CT molecular complexity index is 541. The van der Waals surface area contributed by atoms with Crippen LogP contribution in [0, 0.1) is 0 Å². The molecule has 0 radical (unpaired) electrons. The van der Waals surface area contributed by atoms with Crippen LogP contribution in [0.3, 0.4) is 0 Å². The van der Waals surface area contributed by atoms with Crippen LogP contribution in [0.1, 0.15) is 6.93 Å². The Morgan fingerprint density at radius 2 is 1.72 bits per heavy atom. The van der Waals surface area contributed by atoms with E-state index in [9.17, 15) is 0 Å². The lowest BCUT2D eigenvalue weighted by molar-refractivity contribution is 0.304. The van der Waals surface area contributed by atoms with Crippen molar-refractivity contribution in [3.05, 3.63) is 54.1 Å². The largest absolute Gasteiger partial charge is 0.493 e. The maximum atomic E-state index is 7.94. The van der Waals surface area contributed by atoms with Gasteiger partial charge < -0.3 is 14.2 Å². The van der Waals surface area contributed by atoms with Gasteiger partial charge >= 0.3 is 0 Å². The summed E-state index contributed by atoms with van der Waals surface area (Å²) in [6.07, 6.45) is 0. The Labute approximate surface area is 108 Å². The van der Waals surface area contributed by atoms with Crippen molar-refractivity contribution in [1.82, 2.24) is 0 Å². The summed E-state index contributed by atoms with van der Waals surface area (Å²) in [6, 6.07) is 13.3. The van der Waals surface area contributed by atoms with E-state index in [1.54, 1.807) is 26.4 Å². The topological polar surface area (TPSA) is 27.7 Å². The molecule has 0 atom stereocenters. The zero-order valence-electron chi connectivity index (χ0n) is 11.5. The van der Waals surface area contributed by atoms with Gasteiger partial charge in [-0.15, -0.1) is 0 Å². The van der Waals surface area contributed by atoms with Gasteiger partial charge in [-0.2, -0.15) is 0 Å². The van der Waals surface area contributed by atoms with Gasteiger partial charge in [-0.05, 0) is 29.8 Å². The van der Waals surface area contributed by atoms with Gasteiger partial charge in [0, 0.05) is 0 Å². The van der Waals surface area contributed by atoms with Gasteiger partial charge in [0.1, 0.15) is 12.4 Å². The van der Waals surface area contributed by atoms with Crippen LogP contribution in [0.15, 0.2) is 48.5 Å². The van der Waals surface area contributed by atoms with Crippen molar-refractivity contribution >= 4 is 0 Å². The van der Waals surface area contributed by atoms with Gasteiger partial charge in [-0.1, -0.05) is 24.2 Å². The first-order valence-corrected chi connectivity index (χ1v) is 5.64. The molecular weight excluding hydrogens is 228 g/mol.